The Morgan fingerprint density at radius 1 is 0.810 bits per heavy atom. The highest BCUT2D eigenvalue weighted by molar-refractivity contribution is 6.30. The lowest BCUT2D eigenvalue weighted by atomic mass is 10.0. The number of carbonyl (C=O) groups is 2. The number of halogens is 4. The van der Waals surface area contributed by atoms with Crippen molar-refractivity contribution in [3.8, 4) is 11.5 Å². The lowest BCUT2D eigenvalue weighted by molar-refractivity contribution is -0.189. The van der Waals surface area contributed by atoms with Gasteiger partial charge in [-0.1, -0.05) is 17.7 Å². The van der Waals surface area contributed by atoms with E-state index >= 15 is 0 Å². The highest BCUT2D eigenvalue weighted by Crippen LogP contribution is 2.36. The zero-order chi connectivity index (χ0) is 30.0. The van der Waals surface area contributed by atoms with Crippen molar-refractivity contribution in [2.75, 3.05) is 66.1 Å². The molecule has 0 saturated heterocycles. The number of ether oxygens (including phenoxy) is 6. The van der Waals surface area contributed by atoms with Crippen LogP contribution in [0.1, 0.15) is 17.2 Å². The zero-order valence-corrected chi connectivity index (χ0v) is 23.1. The van der Waals surface area contributed by atoms with E-state index in [1.165, 1.54) is 42.5 Å². The summed E-state index contributed by atoms with van der Waals surface area (Å²) in [7, 11) is 0. The minimum atomic E-state index is -5.31. The van der Waals surface area contributed by atoms with E-state index in [9.17, 15) is 22.8 Å². The number of hydrazone groups is 1. The van der Waals surface area contributed by atoms with Crippen LogP contribution in [0.3, 0.4) is 0 Å². The number of rotatable bonds is 2. The van der Waals surface area contributed by atoms with Crippen molar-refractivity contribution in [1.82, 2.24) is 10.3 Å². The average Bonchev–Trinajstić information content (AvgIpc) is 2.96. The molecule has 0 aromatic heterocycles. The Labute approximate surface area is 244 Å². The molecule has 2 aromatic carbocycles. The second-order valence-corrected chi connectivity index (χ2v) is 9.28. The average molecular weight is 616 g/mol. The number of benzene rings is 2. The van der Waals surface area contributed by atoms with Crippen LogP contribution in [0.15, 0.2) is 47.6 Å². The monoisotopic (exact) mass is 615 g/mol. The fraction of sp³-hybridized carbons (Fsp3) is 0.444. The van der Waals surface area contributed by atoms with Gasteiger partial charge in [0.05, 0.1) is 52.9 Å². The van der Waals surface area contributed by atoms with E-state index in [0.717, 1.165) is 0 Å². The molecule has 228 valence electrons. The second kappa shape index (κ2) is 15.2. The molecule has 0 bridgehead atoms. The molecule has 0 fully saturated rings. The molecule has 42 heavy (non-hydrogen) atoms. The van der Waals surface area contributed by atoms with Crippen LogP contribution in [0, 0.1) is 0 Å². The van der Waals surface area contributed by atoms with Crippen molar-refractivity contribution >= 4 is 29.3 Å². The molecule has 15 heteroatoms. The van der Waals surface area contributed by atoms with Gasteiger partial charge in [0.25, 0.3) is 5.91 Å². The second-order valence-electron chi connectivity index (χ2n) is 8.85. The minimum Gasteiger partial charge on any atom is -0.487 e. The van der Waals surface area contributed by atoms with E-state index in [-0.39, 0.29) is 59.9 Å². The molecule has 0 radical (unpaired) electrons. The lowest BCUT2D eigenvalue weighted by Crippen LogP contribution is -2.52. The van der Waals surface area contributed by atoms with Gasteiger partial charge < -0.3 is 33.7 Å². The fourth-order valence-electron chi connectivity index (χ4n) is 3.92. The molecule has 0 aliphatic carbocycles. The van der Waals surface area contributed by atoms with Gasteiger partial charge in [-0.3, -0.25) is 9.59 Å². The maximum atomic E-state index is 13.6. The third-order valence-corrected chi connectivity index (χ3v) is 6.13. The molecule has 2 amide bonds. The van der Waals surface area contributed by atoms with Gasteiger partial charge in [0.2, 0.25) is 0 Å². The first kappa shape index (κ1) is 31.5. The van der Waals surface area contributed by atoms with Crippen molar-refractivity contribution in [3.05, 3.63) is 58.6 Å². The molecule has 2 aromatic rings. The summed E-state index contributed by atoms with van der Waals surface area (Å²) in [6, 6.07) is 8.22. The van der Waals surface area contributed by atoms with Crippen molar-refractivity contribution in [3.63, 3.8) is 0 Å². The van der Waals surface area contributed by atoms with Crippen molar-refractivity contribution < 1.29 is 51.2 Å². The quantitative estimate of drug-likeness (QED) is 0.548. The summed E-state index contributed by atoms with van der Waals surface area (Å²) in [5.41, 5.74) is 0.264. The summed E-state index contributed by atoms with van der Waals surface area (Å²) < 4.78 is 74.2. The highest BCUT2D eigenvalue weighted by Gasteiger charge is 2.49. The van der Waals surface area contributed by atoms with Crippen LogP contribution in [0.25, 0.3) is 0 Å². The predicted molar refractivity (Wildman–Crippen MR) is 142 cm³/mol. The van der Waals surface area contributed by atoms with E-state index in [1.807, 2.05) is 0 Å². The molecule has 2 heterocycles. The first-order chi connectivity index (χ1) is 20.2. The molecule has 1 atom stereocenters. The van der Waals surface area contributed by atoms with Crippen LogP contribution >= 0.6 is 11.6 Å². The number of amidine groups is 1. The highest BCUT2D eigenvalue weighted by atomic mass is 35.5. The smallest absolute Gasteiger partial charge is 0.473 e. The van der Waals surface area contributed by atoms with Crippen molar-refractivity contribution in [1.29, 1.82) is 0 Å². The van der Waals surface area contributed by atoms with Gasteiger partial charge in [-0.2, -0.15) is 18.3 Å². The number of fused-ring (bicyclic) bond motifs is 1. The SMILES string of the molecule is O=C1NC(c2ccc(Cl)cc2)=NN(C(=O)C(F)(F)F)C1c1ccc2c(c1)OCCOCCOCCOCCOCCO2. The molecule has 1 unspecified atom stereocenters. The van der Waals surface area contributed by atoms with Gasteiger partial charge >= 0.3 is 12.1 Å². The molecule has 11 nitrogen and oxygen atoms in total. The number of nitrogens with zero attached hydrogens (tertiary/aromatic N) is 2. The van der Waals surface area contributed by atoms with E-state index in [2.05, 4.69) is 10.4 Å². The minimum absolute atomic E-state index is 0.0104. The first-order valence-electron chi connectivity index (χ1n) is 13.0. The summed E-state index contributed by atoms with van der Waals surface area (Å²) in [5, 5.41) is 6.84. The summed E-state index contributed by atoms with van der Waals surface area (Å²) in [6.07, 6.45) is -5.31. The Morgan fingerprint density at radius 2 is 1.33 bits per heavy atom. The van der Waals surface area contributed by atoms with Gasteiger partial charge in [0.1, 0.15) is 13.2 Å². The summed E-state index contributed by atoms with van der Waals surface area (Å²) in [4.78, 5) is 25.7. The Kier molecular flexibility index (Phi) is 11.4. The van der Waals surface area contributed by atoms with Gasteiger partial charge in [-0.15, -0.1) is 0 Å². The Balaban J connectivity index is 1.60. The molecule has 1 N–H and O–H groups in total. The summed E-state index contributed by atoms with van der Waals surface area (Å²) >= 11 is 5.89. The van der Waals surface area contributed by atoms with Crippen LogP contribution < -0.4 is 14.8 Å². The van der Waals surface area contributed by atoms with Crippen LogP contribution in [0.2, 0.25) is 5.02 Å². The summed E-state index contributed by atoms with van der Waals surface area (Å²) in [6.45, 7) is 2.80. The van der Waals surface area contributed by atoms with Crippen molar-refractivity contribution in [2.45, 2.75) is 12.2 Å². The van der Waals surface area contributed by atoms with E-state index in [4.69, 9.17) is 40.0 Å². The molecular weight excluding hydrogens is 587 g/mol. The van der Waals surface area contributed by atoms with Crippen LogP contribution in [-0.2, 0) is 28.5 Å². The number of amides is 2. The molecule has 2 aliphatic heterocycles. The van der Waals surface area contributed by atoms with Gasteiger partial charge in [-0.25, -0.2) is 5.01 Å². The summed E-state index contributed by atoms with van der Waals surface area (Å²) in [5.74, 6) is -3.10. The van der Waals surface area contributed by atoms with Gasteiger partial charge in [0.15, 0.2) is 23.4 Å². The number of hydrogen-bond donors (Lipinski definition) is 1. The van der Waals surface area contributed by atoms with Crippen LogP contribution in [0.5, 0.6) is 11.5 Å². The van der Waals surface area contributed by atoms with Gasteiger partial charge in [0, 0.05) is 10.6 Å². The number of alkyl halides is 3. The van der Waals surface area contributed by atoms with E-state index in [1.54, 1.807) is 0 Å². The normalized spacial score (nSPS) is 20.1. The van der Waals surface area contributed by atoms with Crippen LogP contribution in [-0.4, -0.2) is 94.9 Å². The molecule has 2 aliphatic rings. The lowest BCUT2D eigenvalue weighted by Gasteiger charge is -2.32. The Morgan fingerprint density at radius 3 is 1.88 bits per heavy atom. The van der Waals surface area contributed by atoms with E-state index in [0.29, 0.717) is 44.7 Å². The Bertz CT molecular complexity index is 1250. The maximum absolute atomic E-state index is 13.6. The van der Waals surface area contributed by atoms with E-state index < -0.39 is 24.0 Å². The Hall–Kier alpha value is -3.43. The zero-order valence-electron chi connectivity index (χ0n) is 22.4. The topological polar surface area (TPSA) is 117 Å². The largest absolute Gasteiger partial charge is 0.487 e. The first-order valence-corrected chi connectivity index (χ1v) is 13.4. The fourth-order valence-corrected chi connectivity index (χ4v) is 4.05. The third kappa shape index (κ3) is 8.79. The molecular formula is C27H29ClF3N3O8. The molecule has 0 saturated carbocycles. The molecule has 4 rings (SSSR count). The number of carbonyl (C=O) groups excluding carboxylic acids is 2. The number of nitrogens with one attached hydrogen (secondary N) is 1. The maximum Gasteiger partial charge on any atom is 0.473 e. The molecule has 0 spiro atoms. The van der Waals surface area contributed by atoms with Gasteiger partial charge in [-0.05, 0) is 42.0 Å². The predicted octanol–water partition coefficient (Wildman–Crippen LogP) is 3.10. The standard InChI is InChI=1S/C27H29ClF3N3O8/c28-20-4-1-18(2-5-20)24-32-25(35)23(34(33-24)26(36)27(29,30)31)19-3-6-21-22(17-19)42-16-14-40-12-10-38-8-7-37-9-11-39-13-15-41-21/h1-6,17,23H,7-16H2,(H,32,33,35). The van der Waals surface area contributed by atoms with Crippen LogP contribution in [0.4, 0.5) is 13.2 Å². The third-order valence-electron chi connectivity index (χ3n) is 5.88. The number of hydrogen-bond acceptors (Lipinski definition) is 9. The van der Waals surface area contributed by atoms with Crippen molar-refractivity contribution in [2.24, 2.45) is 5.10 Å².